The molecule has 0 aliphatic rings. The molecule has 0 amide bonds. The van der Waals surface area contributed by atoms with E-state index in [1.165, 1.54) is 12.1 Å². The second kappa shape index (κ2) is 10.5. The van der Waals surface area contributed by atoms with Crippen molar-refractivity contribution in [3.63, 3.8) is 0 Å². The first-order valence-electron chi connectivity index (χ1n) is 13.0. The topological polar surface area (TPSA) is 115 Å². The minimum Gasteiger partial charge on any atom is -0.384 e. The van der Waals surface area contributed by atoms with Crippen molar-refractivity contribution in [2.75, 3.05) is 51.5 Å². The molecule has 5 heterocycles. The second-order valence-electron chi connectivity index (χ2n) is 10.2. The van der Waals surface area contributed by atoms with Crippen molar-refractivity contribution >= 4 is 33.3 Å². The molecule has 0 saturated heterocycles. The third-order valence-electron chi connectivity index (χ3n) is 6.74. The van der Waals surface area contributed by atoms with E-state index in [1.54, 1.807) is 30.9 Å². The third-order valence-corrected chi connectivity index (χ3v) is 6.74. The zero-order valence-corrected chi connectivity index (χ0v) is 23.0. The zero-order valence-electron chi connectivity index (χ0n) is 23.0. The minimum atomic E-state index is -0.540. The molecule has 0 spiro atoms. The van der Waals surface area contributed by atoms with E-state index in [2.05, 4.69) is 35.5 Å². The van der Waals surface area contributed by atoms with E-state index < -0.39 is 11.6 Å². The number of anilines is 2. The highest BCUT2D eigenvalue weighted by Crippen LogP contribution is 2.35. The first kappa shape index (κ1) is 26.3. The van der Waals surface area contributed by atoms with E-state index in [4.69, 9.17) is 4.98 Å². The SMILES string of the molecule is CN(C)CCNc1cc(F)cc(-c2nccc3[nH]c(-c4n[nH]c5cnc(-c6cncc(N(C)C)c6)c(F)c45)nc23)c1. The molecule has 10 nitrogen and oxygen atoms in total. The number of H-pyrrole nitrogens is 2. The molecule has 0 aliphatic heterocycles. The molecule has 0 bridgehead atoms. The number of hydrogen-bond donors (Lipinski definition) is 3. The Kier molecular flexibility index (Phi) is 6.75. The van der Waals surface area contributed by atoms with Crippen LogP contribution in [0.25, 0.3) is 56.0 Å². The third kappa shape index (κ3) is 5.05. The van der Waals surface area contributed by atoms with Gasteiger partial charge in [-0.3, -0.25) is 20.1 Å². The fourth-order valence-electron chi connectivity index (χ4n) is 4.66. The molecule has 0 fully saturated rings. The second-order valence-corrected chi connectivity index (χ2v) is 10.2. The number of nitrogens with zero attached hydrogens (tertiary/aromatic N) is 7. The van der Waals surface area contributed by atoms with Crippen molar-refractivity contribution in [2.24, 2.45) is 0 Å². The van der Waals surface area contributed by atoms with Gasteiger partial charge in [-0.15, -0.1) is 0 Å². The van der Waals surface area contributed by atoms with Crippen LogP contribution < -0.4 is 10.2 Å². The molecule has 3 N–H and O–H groups in total. The van der Waals surface area contributed by atoms with E-state index in [1.807, 2.05) is 50.1 Å². The Morgan fingerprint density at radius 1 is 0.878 bits per heavy atom. The Morgan fingerprint density at radius 3 is 2.54 bits per heavy atom. The van der Waals surface area contributed by atoms with Crippen molar-refractivity contribution in [1.82, 2.24) is 40.0 Å². The van der Waals surface area contributed by atoms with E-state index in [-0.39, 0.29) is 11.1 Å². The molecule has 208 valence electrons. The Labute approximate surface area is 234 Å². The van der Waals surface area contributed by atoms with Crippen LogP contribution in [0.4, 0.5) is 20.2 Å². The van der Waals surface area contributed by atoms with Gasteiger partial charge in [0.25, 0.3) is 0 Å². The molecule has 5 aromatic heterocycles. The maximum Gasteiger partial charge on any atom is 0.161 e. The van der Waals surface area contributed by atoms with Crippen molar-refractivity contribution in [3.05, 3.63) is 66.8 Å². The molecule has 1 aromatic carbocycles. The number of rotatable bonds is 8. The van der Waals surface area contributed by atoms with Crippen molar-refractivity contribution in [3.8, 4) is 34.0 Å². The summed E-state index contributed by atoms with van der Waals surface area (Å²) in [4.78, 5) is 25.0. The molecule has 0 radical (unpaired) electrons. The van der Waals surface area contributed by atoms with E-state index in [0.29, 0.717) is 57.1 Å². The monoisotopic (exact) mass is 554 g/mol. The number of benzene rings is 1. The number of aromatic amines is 2. The average molecular weight is 555 g/mol. The van der Waals surface area contributed by atoms with Crippen molar-refractivity contribution < 1.29 is 8.78 Å². The Balaban J connectivity index is 1.42. The lowest BCUT2D eigenvalue weighted by molar-refractivity contribution is 0.425. The van der Waals surface area contributed by atoms with Crippen LogP contribution in [0.3, 0.4) is 0 Å². The Hall–Kier alpha value is -4.97. The average Bonchev–Trinajstić information content (AvgIpc) is 3.57. The molecule has 0 saturated carbocycles. The summed E-state index contributed by atoms with van der Waals surface area (Å²) >= 11 is 0. The van der Waals surface area contributed by atoms with E-state index >= 15 is 4.39 Å². The highest BCUT2D eigenvalue weighted by atomic mass is 19.1. The van der Waals surface area contributed by atoms with Gasteiger partial charge in [0.05, 0.1) is 40.2 Å². The van der Waals surface area contributed by atoms with Crippen LogP contribution in [0.1, 0.15) is 0 Å². The summed E-state index contributed by atoms with van der Waals surface area (Å²) in [5, 5.41) is 10.7. The number of pyridine rings is 3. The van der Waals surface area contributed by atoms with Crippen LogP contribution >= 0.6 is 0 Å². The summed E-state index contributed by atoms with van der Waals surface area (Å²) in [6, 6.07) is 8.30. The zero-order chi connectivity index (χ0) is 28.7. The summed E-state index contributed by atoms with van der Waals surface area (Å²) in [6.45, 7) is 1.45. The lowest BCUT2D eigenvalue weighted by Gasteiger charge is -2.13. The Morgan fingerprint density at radius 2 is 1.73 bits per heavy atom. The highest BCUT2D eigenvalue weighted by molar-refractivity contribution is 5.97. The van der Waals surface area contributed by atoms with Gasteiger partial charge in [0.1, 0.15) is 22.7 Å². The van der Waals surface area contributed by atoms with Gasteiger partial charge in [-0.2, -0.15) is 5.10 Å². The lowest BCUT2D eigenvalue weighted by atomic mass is 10.1. The number of hydrogen-bond acceptors (Lipinski definition) is 8. The maximum atomic E-state index is 16.0. The number of aromatic nitrogens is 7. The van der Waals surface area contributed by atoms with Crippen molar-refractivity contribution in [2.45, 2.75) is 0 Å². The van der Waals surface area contributed by atoms with Gasteiger partial charge in [0, 0.05) is 56.4 Å². The molecule has 6 rings (SSSR count). The normalized spacial score (nSPS) is 11.6. The molecule has 6 aromatic rings. The van der Waals surface area contributed by atoms with Crippen LogP contribution in [0, 0.1) is 11.6 Å². The Bertz CT molecular complexity index is 1880. The van der Waals surface area contributed by atoms with Gasteiger partial charge in [0.15, 0.2) is 11.6 Å². The summed E-state index contributed by atoms with van der Waals surface area (Å²) < 4.78 is 30.7. The van der Waals surface area contributed by atoms with Crippen LogP contribution in [0.2, 0.25) is 0 Å². The molecule has 0 aliphatic carbocycles. The van der Waals surface area contributed by atoms with Gasteiger partial charge in [0.2, 0.25) is 0 Å². The molecule has 0 atom stereocenters. The molecular weight excluding hydrogens is 526 g/mol. The van der Waals surface area contributed by atoms with Crippen LogP contribution in [-0.2, 0) is 0 Å². The predicted octanol–water partition coefficient (Wildman–Crippen LogP) is 4.94. The first-order valence-corrected chi connectivity index (χ1v) is 13.0. The van der Waals surface area contributed by atoms with Gasteiger partial charge in [-0.05, 0) is 44.4 Å². The number of fused-ring (bicyclic) bond motifs is 2. The van der Waals surface area contributed by atoms with Gasteiger partial charge in [-0.25, -0.2) is 13.8 Å². The van der Waals surface area contributed by atoms with Crippen molar-refractivity contribution in [1.29, 1.82) is 0 Å². The number of likely N-dealkylation sites (N-methyl/N-ethyl adjacent to an activating group) is 1. The minimum absolute atomic E-state index is 0.156. The van der Waals surface area contributed by atoms with E-state index in [0.717, 1.165) is 12.2 Å². The van der Waals surface area contributed by atoms with Gasteiger partial charge in [-0.1, -0.05) is 0 Å². The fourth-order valence-corrected chi connectivity index (χ4v) is 4.66. The molecular formula is C29H28F2N10. The maximum absolute atomic E-state index is 16.0. The highest BCUT2D eigenvalue weighted by Gasteiger charge is 2.22. The van der Waals surface area contributed by atoms with Gasteiger partial charge >= 0.3 is 0 Å². The van der Waals surface area contributed by atoms with Gasteiger partial charge < -0.3 is 20.1 Å². The molecule has 0 unspecified atom stereocenters. The van der Waals surface area contributed by atoms with Crippen LogP contribution in [-0.4, -0.2) is 81.3 Å². The largest absolute Gasteiger partial charge is 0.384 e. The van der Waals surface area contributed by atoms with E-state index in [9.17, 15) is 4.39 Å². The standard InChI is InChI=1S/C29H28F2N10/c1-40(2)8-7-33-19-10-16(9-18(30)12-19)26-27-21(5-6-34-26)36-29(37-27)28-23-22(38-39-28)15-35-25(24(23)31)17-11-20(41(3)4)14-32-13-17/h5-6,9-15,33H,7-8H2,1-4H3,(H,36,37)(H,38,39). The lowest BCUT2D eigenvalue weighted by Crippen LogP contribution is -2.20. The smallest absolute Gasteiger partial charge is 0.161 e. The van der Waals surface area contributed by atoms with Crippen LogP contribution in [0.5, 0.6) is 0 Å². The quantitative estimate of drug-likeness (QED) is 0.242. The molecule has 41 heavy (non-hydrogen) atoms. The number of halogens is 2. The summed E-state index contributed by atoms with van der Waals surface area (Å²) in [6.07, 6.45) is 6.44. The summed E-state index contributed by atoms with van der Waals surface area (Å²) in [7, 11) is 7.73. The first-order chi connectivity index (χ1) is 19.8. The fraction of sp³-hybridized carbons (Fsp3) is 0.207. The van der Waals surface area contributed by atoms with Crippen LogP contribution in [0.15, 0.2) is 55.1 Å². The summed E-state index contributed by atoms with van der Waals surface area (Å²) in [5.74, 6) is -0.587. The predicted molar refractivity (Wildman–Crippen MR) is 157 cm³/mol. The number of nitrogens with one attached hydrogen (secondary N) is 3. The molecule has 12 heteroatoms. The number of imidazole rings is 1. The summed E-state index contributed by atoms with van der Waals surface area (Å²) in [5.41, 5.74) is 5.12.